The molecule has 0 saturated carbocycles. The molecule has 0 saturated heterocycles. The van der Waals surface area contributed by atoms with Crippen LogP contribution < -0.4 is 10.6 Å². The van der Waals surface area contributed by atoms with Crippen molar-refractivity contribution in [3.63, 3.8) is 0 Å². The van der Waals surface area contributed by atoms with E-state index in [0.29, 0.717) is 6.42 Å². The van der Waals surface area contributed by atoms with Gasteiger partial charge < -0.3 is 30.7 Å². The van der Waals surface area contributed by atoms with Gasteiger partial charge in [0.25, 0.3) is 0 Å². The van der Waals surface area contributed by atoms with Gasteiger partial charge in [-0.3, -0.25) is 14.4 Å². The highest BCUT2D eigenvalue weighted by Crippen LogP contribution is 2.13. The lowest BCUT2D eigenvalue weighted by molar-refractivity contribution is -0.143. The van der Waals surface area contributed by atoms with E-state index in [0.717, 1.165) is 57.8 Å². The molecule has 0 aliphatic heterocycles. The van der Waals surface area contributed by atoms with E-state index in [1.807, 2.05) is 0 Å². The van der Waals surface area contributed by atoms with E-state index < -0.39 is 41.8 Å². The van der Waals surface area contributed by atoms with E-state index in [9.17, 15) is 33.9 Å². The number of carboxylic acid groups (broad SMARTS) is 3. The summed E-state index contributed by atoms with van der Waals surface area (Å²) >= 11 is 0. The van der Waals surface area contributed by atoms with Gasteiger partial charge >= 0.3 is 17.9 Å². The zero-order chi connectivity index (χ0) is 28.8. The topological polar surface area (TPSA) is 187 Å². The van der Waals surface area contributed by atoms with E-state index in [2.05, 4.69) is 10.6 Å². The molecule has 0 spiro atoms. The molecule has 0 aromatic carbocycles. The van der Waals surface area contributed by atoms with E-state index in [4.69, 9.17) is 10.2 Å². The van der Waals surface area contributed by atoms with Crippen LogP contribution in [0.15, 0.2) is 0 Å². The molecule has 218 valence electrons. The zero-order valence-corrected chi connectivity index (χ0v) is 22.7. The predicted octanol–water partition coefficient (Wildman–Crippen LogP) is 3.82. The van der Waals surface area contributed by atoms with Crippen molar-refractivity contribution in [3.05, 3.63) is 0 Å². The number of unbranched alkanes of at least 4 members (excludes halogenated alkanes) is 11. The molecule has 5 N–H and O–H groups in total. The second-order valence-corrected chi connectivity index (χ2v) is 9.83. The van der Waals surface area contributed by atoms with Crippen LogP contribution in [0.25, 0.3) is 0 Å². The minimum absolute atomic E-state index is 0.00384. The fourth-order valence-corrected chi connectivity index (χ4v) is 4.00. The fraction of sp³-hybridized carbons (Fsp3) is 0.778. The molecular formula is C27H46N2O9. The fourth-order valence-electron chi connectivity index (χ4n) is 4.00. The molecule has 2 atom stereocenters. The summed E-state index contributed by atoms with van der Waals surface area (Å²) in [5.41, 5.74) is 0. The van der Waals surface area contributed by atoms with E-state index >= 15 is 0 Å². The molecule has 0 rings (SSSR count). The van der Waals surface area contributed by atoms with Gasteiger partial charge in [-0.2, -0.15) is 0 Å². The van der Waals surface area contributed by atoms with E-state index in [1.54, 1.807) is 0 Å². The Morgan fingerprint density at radius 1 is 0.500 bits per heavy atom. The number of aliphatic carboxylic acids is 3. The third kappa shape index (κ3) is 21.1. The quantitative estimate of drug-likeness (QED) is 0.107. The number of rotatable bonds is 25. The molecule has 11 nitrogen and oxygen atoms in total. The van der Waals surface area contributed by atoms with Crippen molar-refractivity contribution in [2.45, 2.75) is 135 Å². The van der Waals surface area contributed by atoms with Crippen LogP contribution in [-0.2, 0) is 28.8 Å². The van der Waals surface area contributed by atoms with Gasteiger partial charge in [0.05, 0.1) is 0 Å². The van der Waals surface area contributed by atoms with Gasteiger partial charge in [-0.1, -0.05) is 64.2 Å². The Hall–Kier alpha value is -2.98. The van der Waals surface area contributed by atoms with E-state index in [-0.39, 0.29) is 44.3 Å². The highest BCUT2D eigenvalue weighted by Gasteiger charge is 2.24. The molecular weight excluding hydrogens is 496 g/mol. The lowest BCUT2D eigenvalue weighted by atomic mass is 10.0. The van der Waals surface area contributed by atoms with Crippen molar-refractivity contribution < 1.29 is 44.1 Å². The van der Waals surface area contributed by atoms with Gasteiger partial charge in [0.2, 0.25) is 11.8 Å². The number of nitrogens with one attached hydrogen (secondary N) is 2. The van der Waals surface area contributed by atoms with Gasteiger partial charge in [-0.25, -0.2) is 9.59 Å². The molecule has 0 aromatic rings. The standard InChI is InChI=1S/C27H46N2O9/c1-20(30)16-17-21(26(35)36)29-24(32)19-18-22(27(37)38)28-23(31)14-12-10-8-6-4-2-3-5-7-9-11-13-15-25(33)34/h21-22H,2-19H2,1H3,(H,28,31)(H,29,32)(H,33,34)(H,35,36)(H,37,38). The van der Waals surface area contributed by atoms with Crippen molar-refractivity contribution in [3.8, 4) is 0 Å². The molecule has 38 heavy (non-hydrogen) atoms. The number of amides is 2. The largest absolute Gasteiger partial charge is 0.481 e. The number of carboxylic acids is 3. The van der Waals surface area contributed by atoms with Crippen molar-refractivity contribution in [1.29, 1.82) is 0 Å². The third-order valence-electron chi connectivity index (χ3n) is 6.26. The number of carbonyl (C=O) groups is 6. The first-order chi connectivity index (χ1) is 18.0. The molecule has 0 aromatic heterocycles. The number of hydrogen-bond acceptors (Lipinski definition) is 6. The summed E-state index contributed by atoms with van der Waals surface area (Å²) < 4.78 is 0. The van der Waals surface area contributed by atoms with Crippen LogP contribution in [0.1, 0.15) is 122 Å². The Morgan fingerprint density at radius 3 is 1.21 bits per heavy atom. The van der Waals surface area contributed by atoms with Gasteiger partial charge in [0.15, 0.2) is 0 Å². The van der Waals surface area contributed by atoms with Crippen LogP contribution in [0, 0.1) is 0 Å². The molecule has 0 radical (unpaired) electrons. The van der Waals surface area contributed by atoms with Crippen molar-refractivity contribution in [2.75, 3.05) is 0 Å². The Morgan fingerprint density at radius 2 is 0.842 bits per heavy atom. The maximum absolute atomic E-state index is 12.1. The maximum Gasteiger partial charge on any atom is 0.326 e. The summed E-state index contributed by atoms with van der Waals surface area (Å²) in [6, 6.07) is -2.47. The SMILES string of the molecule is CC(=O)CCC(NC(=O)CCC(NC(=O)CCCCCCCCCCCCCCC(=O)O)C(=O)O)C(=O)O. The maximum atomic E-state index is 12.1. The highest BCUT2D eigenvalue weighted by molar-refractivity contribution is 5.86. The average molecular weight is 543 g/mol. The number of ketones is 1. The van der Waals surface area contributed by atoms with Gasteiger partial charge in [-0.05, 0) is 32.6 Å². The van der Waals surface area contributed by atoms with Crippen LogP contribution in [0.4, 0.5) is 0 Å². The van der Waals surface area contributed by atoms with Crippen molar-refractivity contribution >= 4 is 35.5 Å². The zero-order valence-electron chi connectivity index (χ0n) is 22.7. The number of carbonyl (C=O) groups excluding carboxylic acids is 3. The molecule has 0 aliphatic carbocycles. The van der Waals surface area contributed by atoms with Crippen LogP contribution in [-0.4, -0.2) is 62.9 Å². The normalized spacial score (nSPS) is 12.3. The summed E-state index contributed by atoms with van der Waals surface area (Å²) in [5, 5.41) is 31.8. The summed E-state index contributed by atoms with van der Waals surface area (Å²) in [6.07, 6.45) is 12.1. The van der Waals surface area contributed by atoms with E-state index in [1.165, 1.54) is 19.8 Å². The van der Waals surface area contributed by atoms with Crippen LogP contribution in [0.5, 0.6) is 0 Å². The Kier molecular flexibility index (Phi) is 20.3. The monoisotopic (exact) mass is 542 g/mol. The number of Topliss-reactive ketones (excluding diaryl/α,β-unsaturated/α-hetero) is 1. The second-order valence-electron chi connectivity index (χ2n) is 9.83. The highest BCUT2D eigenvalue weighted by atomic mass is 16.4. The first-order valence-electron chi connectivity index (χ1n) is 13.8. The van der Waals surface area contributed by atoms with Crippen LogP contribution >= 0.6 is 0 Å². The predicted molar refractivity (Wildman–Crippen MR) is 141 cm³/mol. The minimum Gasteiger partial charge on any atom is -0.481 e. The molecule has 2 amide bonds. The van der Waals surface area contributed by atoms with Gasteiger partial charge in [-0.15, -0.1) is 0 Å². The summed E-state index contributed by atoms with van der Waals surface area (Å²) in [4.78, 5) is 68.4. The second kappa shape index (κ2) is 22.0. The Bertz CT molecular complexity index is 755. The van der Waals surface area contributed by atoms with Crippen molar-refractivity contribution in [2.24, 2.45) is 0 Å². The smallest absolute Gasteiger partial charge is 0.326 e. The Labute approximate surface area is 225 Å². The van der Waals surface area contributed by atoms with Gasteiger partial charge in [0, 0.05) is 25.7 Å². The van der Waals surface area contributed by atoms with Gasteiger partial charge in [0.1, 0.15) is 17.9 Å². The first kappa shape index (κ1) is 35.0. The molecule has 0 aliphatic rings. The molecule has 0 fully saturated rings. The van der Waals surface area contributed by atoms with Crippen LogP contribution in [0.2, 0.25) is 0 Å². The number of hydrogen-bond donors (Lipinski definition) is 5. The lowest BCUT2D eigenvalue weighted by Gasteiger charge is -2.16. The molecule has 11 heteroatoms. The third-order valence-corrected chi connectivity index (χ3v) is 6.26. The molecule has 2 unspecified atom stereocenters. The first-order valence-corrected chi connectivity index (χ1v) is 13.8. The van der Waals surface area contributed by atoms with Crippen molar-refractivity contribution in [1.82, 2.24) is 10.6 Å². The summed E-state index contributed by atoms with van der Waals surface area (Å²) in [5.74, 6) is -4.52. The molecule has 0 heterocycles. The summed E-state index contributed by atoms with van der Waals surface area (Å²) in [7, 11) is 0. The summed E-state index contributed by atoms with van der Waals surface area (Å²) in [6.45, 7) is 1.32. The molecule has 0 bridgehead atoms. The van der Waals surface area contributed by atoms with Crippen LogP contribution in [0.3, 0.4) is 0 Å². The lowest BCUT2D eigenvalue weighted by Crippen LogP contribution is -2.44. The minimum atomic E-state index is -1.27. The average Bonchev–Trinajstić information content (AvgIpc) is 2.83. The Balaban J connectivity index is 3.95.